The van der Waals surface area contributed by atoms with Gasteiger partial charge in [0.05, 0.1) is 6.61 Å². The monoisotopic (exact) mass is 195 g/mol. The Bertz CT molecular complexity index is 327. The molecule has 0 saturated heterocycles. The lowest BCUT2D eigenvalue weighted by atomic mass is 9.97. The van der Waals surface area contributed by atoms with Gasteiger partial charge >= 0.3 is 5.97 Å². The Balaban J connectivity index is 2.90. The van der Waals surface area contributed by atoms with Crippen molar-refractivity contribution in [1.82, 2.24) is 0 Å². The number of hydrogen-bond acceptors (Lipinski definition) is 4. The van der Waals surface area contributed by atoms with Gasteiger partial charge in [0.25, 0.3) is 0 Å². The molecule has 0 bridgehead atoms. The molecule has 0 aromatic carbocycles. The molecule has 76 valence electrons. The van der Waals surface area contributed by atoms with E-state index in [4.69, 9.17) is 14.7 Å². The molecule has 0 radical (unpaired) electrons. The predicted molar refractivity (Wildman–Crippen MR) is 49.3 cm³/mol. The summed E-state index contributed by atoms with van der Waals surface area (Å²) in [5.41, 5.74) is -0.0105. The third-order valence-corrected chi connectivity index (χ3v) is 2.38. The lowest BCUT2D eigenvalue weighted by Crippen LogP contribution is -2.33. The highest BCUT2D eigenvalue weighted by Gasteiger charge is 2.41. The molecule has 1 rings (SSSR count). The predicted octanol–water partition coefficient (Wildman–Crippen LogP) is 1.18. The van der Waals surface area contributed by atoms with E-state index >= 15 is 0 Å². The second-order valence-electron chi connectivity index (χ2n) is 3.37. The number of nitrogens with zero attached hydrogens (tertiary/aromatic N) is 1. The summed E-state index contributed by atoms with van der Waals surface area (Å²) < 4.78 is 10.3. The van der Waals surface area contributed by atoms with Crippen LogP contribution in [0.2, 0.25) is 0 Å². The quantitative estimate of drug-likeness (QED) is 0.634. The van der Waals surface area contributed by atoms with Crippen LogP contribution in [0.4, 0.5) is 0 Å². The molecule has 1 atom stereocenters. The Morgan fingerprint density at radius 2 is 2.29 bits per heavy atom. The summed E-state index contributed by atoms with van der Waals surface area (Å²) in [4.78, 5) is 11.2. The summed E-state index contributed by atoms with van der Waals surface area (Å²) in [5.74, 6) is -0.549. The van der Waals surface area contributed by atoms with Gasteiger partial charge in [0.1, 0.15) is 11.6 Å². The Hall–Kier alpha value is -1.34. The van der Waals surface area contributed by atoms with Gasteiger partial charge in [-0.05, 0) is 26.3 Å². The van der Waals surface area contributed by atoms with Crippen molar-refractivity contribution in [2.75, 3.05) is 13.2 Å². The largest absolute Gasteiger partial charge is 0.448 e. The van der Waals surface area contributed by atoms with Crippen molar-refractivity contribution in [3.8, 4) is 6.07 Å². The Kier molecular flexibility index (Phi) is 2.92. The van der Waals surface area contributed by atoms with E-state index < -0.39 is 11.6 Å². The molecule has 4 heteroatoms. The summed E-state index contributed by atoms with van der Waals surface area (Å²) in [6.45, 7) is 6.20. The Labute approximate surface area is 83.1 Å². The van der Waals surface area contributed by atoms with Crippen molar-refractivity contribution >= 4 is 5.97 Å². The molecule has 1 unspecified atom stereocenters. The molecule has 4 nitrogen and oxygen atoms in total. The number of ether oxygens (including phenoxy) is 2. The fourth-order valence-corrected chi connectivity index (χ4v) is 1.31. The molecule has 0 spiro atoms. The fourth-order valence-electron chi connectivity index (χ4n) is 1.31. The molecule has 0 fully saturated rings. The van der Waals surface area contributed by atoms with Crippen LogP contribution in [0.5, 0.6) is 0 Å². The first kappa shape index (κ1) is 10.7. The fraction of sp³-hybridized carbons (Fsp3) is 0.600. The average Bonchev–Trinajstić information content (AvgIpc) is 2.35. The highest BCUT2D eigenvalue weighted by atomic mass is 16.6. The molecule has 1 aliphatic heterocycles. The van der Waals surface area contributed by atoms with E-state index in [1.165, 1.54) is 0 Å². The van der Waals surface area contributed by atoms with Gasteiger partial charge in [0, 0.05) is 6.61 Å². The van der Waals surface area contributed by atoms with E-state index in [0.29, 0.717) is 18.8 Å². The lowest BCUT2D eigenvalue weighted by Gasteiger charge is -2.24. The Morgan fingerprint density at radius 3 is 2.71 bits per heavy atom. The number of carbonyl (C=O) groups excluding carboxylic acids is 1. The van der Waals surface area contributed by atoms with E-state index in [9.17, 15) is 4.79 Å². The van der Waals surface area contributed by atoms with E-state index in [1.807, 2.05) is 13.0 Å². The van der Waals surface area contributed by atoms with Gasteiger partial charge < -0.3 is 9.47 Å². The zero-order chi connectivity index (χ0) is 10.8. The molecule has 0 amide bonds. The zero-order valence-corrected chi connectivity index (χ0v) is 8.59. The van der Waals surface area contributed by atoms with Gasteiger partial charge in [-0.15, -0.1) is 0 Å². The standard InChI is InChI=1S/C10H13NO3/c1-4-13-6-10(3)7(2)8(5-11)9(12)14-10/h4,6H2,1-3H3. The molecule has 0 aromatic heterocycles. The smallest absolute Gasteiger partial charge is 0.349 e. The van der Waals surface area contributed by atoms with Crippen molar-refractivity contribution in [2.45, 2.75) is 26.4 Å². The minimum absolute atomic E-state index is 0.104. The van der Waals surface area contributed by atoms with Gasteiger partial charge in [-0.1, -0.05) is 0 Å². The number of carbonyl (C=O) groups is 1. The molecule has 1 aliphatic rings. The van der Waals surface area contributed by atoms with Gasteiger partial charge in [-0.3, -0.25) is 0 Å². The SMILES string of the molecule is CCOCC1(C)OC(=O)C(C#N)=C1C. The van der Waals surface area contributed by atoms with Crippen LogP contribution in [0.1, 0.15) is 20.8 Å². The van der Waals surface area contributed by atoms with E-state index in [2.05, 4.69) is 0 Å². The normalized spacial score (nSPS) is 26.3. The van der Waals surface area contributed by atoms with Crippen molar-refractivity contribution < 1.29 is 14.3 Å². The van der Waals surface area contributed by atoms with Crippen LogP contribution >= 0.6 is 0 Å². The molecule has 0 aromatic rings. The first-order chi connectivity index (χ1) is 6.55. The van der Waals surface area contributed by atoms with Crippen molar-refractivity contribution in [2.24, 2.45) is 0 Å². The van der Waals surface area contributed by atoms with Crippen LogP contribution in [-0.2, 0) is 14.3 Å². The third-order valence-electron chi connectivity index (χ3n) is 2.38. The minimum atomic E-state index is -0.766. The van der Waals surface area contributed by atoms with Gasteiger partial charge in [0.15, 0.2) is 5.60 Å². The van der Waals surface area contributed by atoms with Gasteiger partial charge in [-0.25, -0.2) is 4.79 Å². The second-order valence-corrected chi connectivity index (χ2v) is 3.37. The number of esters is 1. The Morgan fingerprint density at radius 1 is 1.64 bits per heavy atom. The molecule has 0 saturated carbocycles. The highest BCUT2D eigenvalue weighted by molar-refractivity contribution is 5.96. The number of cyclic esters (lactones) is 1. The number of rotatable bonds is 3. The van der Waals surface area contributed by atoms with E-state index in [0.717, 1.165) is 0 Å². The molecule has 0 aliphatic carbocycles. The summed E-state index contributed by atoms with van der Waals surface area (Å²) in [5, 5.41) is 8.71. The summed E-state index contributed by atoms with van der Waals surface area (Å²) in [7, 11) is 0. The highest BCUT2D eigenvalue weighted by Crippen LogP contribution is 2.32. The van der Waals surface area contributed by atoms with Crippen LogP contribution in [0, 0.1) is 11.3 Å². The summed E-state index contributed by atoms with van der Waals surface area (Å²) in [6, 6.07) is 1.84. The molecule has 0 N–H and O–H groups in total. The summed E-state index contributed by atoms with van der Waals surface area (Å²) >= 11 is 0. The zero-order valence-electron chi connectivity index (χ0n) is 8.59. The van der Waals surface area contributed by atoms with Crippen molar-refractivity contribution in [3.63, 3.8) is 0 Å². The molecule has 14 heavy (non-hydrogen) atoms. The third kappa shape index (κ3) is 1.64. The maximum atomic E-state index is 11.2. The first-order valence-electron chi connectivity index (χ1n) is 4.47. The lowest BCUT2D eigenvalue weighted by molar-refractivity contribution is -0.149. The molecular formula is C10H13NO3. The number of nitriles is 1. The average molecular weight is 195 g/mol. The second kappa shape index (κ2) is 3.81. The van der Waals surface area contributed by atoms with Crippen LogP contribution in [0.15, 0.2) is 11.1 Å². The maximum Gasteiger partial charge on any atom is 0.349 e. The van der Waals surface area contributed by atoms with E-state index in [-0.39, 0.29) is 5.57 Å². The maximum absolute atomic E-state index is 11.2. The molecular weight excluding hydrogens is 182 g/mol. The molecule has 1 heterocycles. The van der Waals surface area contributed by atoms with E-state index in [1.54, 1.807) is 13.8 Å². The number of hydrogen-bond donors (Lipinski definition) is 0. The van der Waals surface area contributed by atoms with Crippen molar-refractivity contribution in [3.05, 3.63) is 11.1 Å². The van der Waals surface area contributed by atoms with Gasteiger partial charge in [-0.2, -0.15) is 5.26 Å². The first-order valence-corrected chi connectivity index (χ1v) is 4.47. The van der Waals surface area contributed by atoms with Gasteiger partial charge in [0.2, 0.25) is 0 Å². The van der Waals surface area contributed by atoms with Crippen LogP contribution in [0.25, 0.3) is 0 Å². The van der Waals surface area contributed by atoms with Crippen LogP contribution in [-0.4, -0.2) is 24.8 Å². The minimum Gasteiger partial charge on any atom is -0.448 e. The summed E-state index contributed by atoms with van der Waals surface area (Å²) in [6.07, 6.45) is 0. The topological polar surface area (TPSA) is 59.3 Å². The van der Waals surface area contributed by atoms with Crippen molar-refractivity contribution in [1.29, 1.82) is 5.26 Å². The van der Waals surface area contributed by atoms with Crippen LogP contribution in [0.3, 0.4) is 0 Å². The van der Waals surface area contributed by atoms with Crippen LogP contribution < -0.4 is 0 Å².